The number of amides is 1. The summed E-state index contributed by atoms with van der Waals surface area (Å²) in [7, 11) is 4.57. The summed E-state index contributed by atoms with van der Waals surface area (Å²) in [5.41, 5.74) is 0.746. The normalized spacial score (nSPS) is 11.7. The Hall–Kier alpha value is -3.48. The van der Waals surface area contributed by atoms with Gasteiger partial charge in [-0.1, -0.05) is 24.3 Å². The minimum atomic E-state index is -0.573. The number of carbonyl (C=O) groups is 1. The molecule has 0 fully saturated rings. The Morgan fingerprint density at radius 2 is 1.71 bits per heavy atom. The molecule has 2 aromatic carbocycles. The maximum atomic E-state index is 11.9. The van der Waals surface area contributed by atoms with Crippen molar-refractivity contribution >= 4 is 12.0 Å². The van der Waals surface area contributed by atoms with Crippen LogP contribution >= 0.6 is 0 Å². The predicted octanol–water partition coefficient (Wildman–Crippen LogP) is 2.67. The molecule has 0 aromatic heterocycles. The molecule has 0 aliphatic rings. The summed E-state index contributed by atoms with van der Waals surface area (Å²) >= 11 is 0. The van der Waals surface area contributed by atoms with Crippen molar-refractivity contribution in [3.8, 4) is 23.0 Å². The summed E-state index contributed by atoms with van der Waals surface area (Å²) in [5, 5.41) is 12.4. The summed E-state index contributed by atoms with van der Waals surface area (Å²) in [6, 6.07) is 8.75. The quantitative estimate of drug-likeness (QED) is 0.761. The highest BCUT2D eigenvalue weighted by molar-refractivity contribution is 5.74. The van der Waals surface area contributed by atoms with E-state index in [1.54, 1.807) is 36.4 Å². The van der Waals surface area contributed by atoms with E-state index >= 15 is 0 Å². The topological polar surface area (TPSA) is 94.1 Å². The molecule has 0 aliphatic heterocycles. The van der Waals surface area contributed by atoms with E-state index in [1.165, 1.54) is 40.4 Å². The average molecular weight is 385 g/mol. The fourth-order valence-corrected chi connectivity index (χ4v) is 2.67. The summed E-state index contributed by atoms with van der Waals surface area (Å²) in [6.45, 7) is 1.39. The van der Waals surface area contributed by atoms with Crippen LogP contribution in [-0.2, 0) is 4.79 Å². The van der Waals surface area contributed by atoms with Gasteiger partial charge in [0.05, 0.1) is 27.4 Å². The zero-order valence-corrected chi connectivity index (χ0v) is 16.2. The van der Waals surface area contributed by atoms with Gasteiger partial charge in [-0.2, -0.15) is 0 Å². The van der Waals surface area contributed by atoms with Crippen LogP contribution in [0, 0.1) is 0 Å². The zero-order valence-electron chi connectivity index (χ0n) is 16.2. The van der Waals surface area contributed by atoms with Crippen LogP contribution < -0.4 is 25.0 Å². The van der Waals surface area contributed by atoms with Crippen LogP contribution in [0.3, 0.4) is 0 Å². The van der Waals surface area contributed by atoms with Gasteiger partial charge in [-0.25, -0.2) is 0 Å². The van der Waals surface area contributed by atoms with Gasteiger partial charge in [0, 0.05) is 6.92 Å². The summed E-state index contributed by atoms with van der Waals surface area (Å²) < 4.78 is 16.0. The Morgan fingerprint density at radius 1 is 1.07 bits per heavy atom. The highest BCUT2D eigenvalue weighted by Gasteiger charge is 2.14. The number of methoxy groups -OCH3 is 3. The Kier molecular flexibility index (Phi) is 7.03. The van der Waals surface area contributed by atoms with E-state index in [0.29, 0.717) is 22.8 Å². The first-order chi connectivity index (χ1) is 13.4. The van der Waals surface area contributed by atoms with Crippen molar-refractivity contribution in [1.29, 1.82) is 0 Å². The maximum Gasteiger partial charge on any atom is 0.220 e. The lowest BCUT2D eigenvalue weighted by Gasteiger charge is -2.15. The molecule has 0 heterocycles. The van der Waals surface area contributed by atoms with E-state index in [2.05, 4.69) is 5.32 Å². The van der Waals surface area contributed by atoms with E-state index in [9.17, 15) is 14.7 Å². The van der Waals surface area contributed by atoms with Crippen molar-refractivity contribution in [2.24, 2.45) is 0 Å². The SMILES string of the molecule is COc1cc(/C=C/[C@H](NC(C)=O)c2cccc(O)c(=O)c2)cc(OC)c1OC. The Balaban J connectivity index is 2.47. The van der Waals surface area contributed by atoms with Crippen LogP contribution in [0.25, 0.3) is 6.08 Å². The molecule has 0 saturated carbocycles. The molecule has 2 rings (SSSR count). The number of carbonyl (C=O) groups excluding carboxylic acids is 1. The molecule has 2 aromatic rings. The van der Waals surface area contributed by atoms with Gasteiger partial charge in [-0.05, 0) is 35.4 Å². The van der Waals surface area contributed by atoms with Crippen molar-refractivity contribution in [1.82, 2.24) is 5.32 Å². The minimum absolute atomic E-state index is 0.261. The lowest BCUT2D eigenvalue weighted by atomic mass is 10.1. The molecular weight excluding hydrogens is 362 g/mol. The number of ether oxygens (including phenoxy) is 3. The van der Waals surface area contributed by atoms with Crippen LogP contribution in [0.2, 0.25) is 0 Å². The summed E-state index contributed by atoms with van der Waals surface area (Å²) in [4.78, 5) is 23.5. The van der Waals surface area contributed by atoms with Crippen LogP contribution in [0.4, 0.5) is 0 Å². The number of benzene rings is 1. The molecule has 0 aliphatic carbocycles. The molecular formula is C21H23NO6. The summed E-state index contributed by atoms with van der Waals surface area (Å²) in [5.74, 6) is 0.845. The highest BCUT2D eigenvalue weighted by Crippen LogP contribution is 2.38. The molecule has 1 amide bonds. The predicted molar refractivity (Wildman–Crippen MR) is 106 cm³/mol. The van der Waals surface area contributed by atoms with Crippen molar-refractivity contribution in [2.75, 3.05) is 21.3 Å². The Labute approximate surface area is 163 Å². The smallest absolute Gasteiger partial charge is 0.220 e. The second kappa shape index (κ2) is 9.45. The third-order valence-corrected chi connectivity index (χ3v) is 3.98. The van der Waals surface area contributed by atoms with E-state index in [-0.39, 0.29) is 11.7 Å². The van der Waals surface area contributed by atoms with Crippen molar-refractivity contribution in [3.63, 3.8) is 0 Å². The largest absolute Gasteiger partial charge is 0.504 e. The van der Waals surface area contributed by atoms with E-state index in [0.717, 1.165) is 5.56 Å². The minimum Gasteiger partial charge on any atom is -0.504 e. The zero-order chi connectivity index (χ0) is 20.7. The standard InChI is InChI=1S/C21H23NO6/c1-13(23)22-16(15-6-5-7-17(24)18(25)12-15)9-8-14-10-19(26-2)21(28-4)20(11-14)27-3/h5-12,16H,1-4H3,(H,22,23)(H,24,25)/b9-8+/t16-/m0/s1. The second-order valence-electron chi connectivity index (χ2n) is 5.92. The lowest BCUT2D eigenvalue weighted by molar-refractivity contribution is -0.119. The van der Waals surface area contributed by atoms with E-state index in [1.807, 2.05) is 0 Å². The van der Waals surface area contributed by atoms with Gasteiger partial charge >= 0.3 is 0 Å². The molecule has 0 radical (unpaired) electrons. The molecule has 0 saturated heterocycles. The molecule has 7 heteroatoms. The molecule has 0 unspecified atom stereocenters. The molecule has 2 N–H and O–H groups in total. The van der Waals surface area contributed by atoms with Crippen LogP contribution in [0.1, 0.15) is 24.1 Å². The average Bonchev–Trinajstić information content (AvgIpc) is 2.84. The first kappa shape index (κ1) is 20.8. The molecule has 0 spiro atoms. The van der Waals surface area contributed by atoms with Gasteiger partial charge < -0.3 is 24.6 Å². The number of rotatable bonds is 7. The molecule has 148 valence electrons. The molecule has 28 heavy (non-hydrogen) atoms. The molecule has 7 nitrogen and oxygen atoms in total. The fourth-order valence-electron chi connectivity index (χ4n) is 2.67. The number of nitrogens with one attached hydrogen (secondary N) is 1. The number of hydrogen-bond acceptors (Lipinski definition) is 6. The first-order valence-electron chi connectivity index (χ1n) is 8.48. The number of aromatic hydroxyl groups is 1. The number of hydrogen-bond donors (Lipinski definition) is 2. The third-order valence-electron chi connectivity index (χ3n) is 3.98. The van der Waals surface area contributed by atoms with Crippen LogP contribution in [0.5, 0.6) is 23.0 Å². The first-order valence-corrected chi connectivity index (χ1v) is 8.48. The van der Waals surface area contributed by atoms with Crippen molar-refractivity contribution in [3.05, 3.63) is 63.8 Å². The van der Waals surface area contributed by atoms with Gasteiger partial charge in [0.15, 0.2) is 17.2 Å². The van der Waals surface area contributed by atoms with Crippen LogP contribution in [-0.4, -0.2) is 32.3 Å². The van der Waals surface area contributed by atoms with E-state index < -0.39 is 11.5 Å². The highest BCUT2D eigenvalue weighted by atomic mass is 16.5. The maximum absolute atomic E-state index is 11.9. The Morgan fingerprint density at radius 3 is 2.25 bits per heavy atom. The lowest BCUT2D eigenvalue weighted by Crippen LogP contribution is -2.24. The monoisotopic (exact) mass is 385 g/mol. The molecule has 0 bridgehead atoms. The summed E-state index contributed by atoms with van der Waals surface area (Å²) in [6.07, 6.45) is 3.50. The fraction of sp³-hybridized carbons (Fsp3) is 0.238. The third kappa shape index (κ3) is 5.03. The molecule has 1 atom stereocenters. The van der Waals surface area contributed by atoms with Gasteiger partial charge in [0.25, 0.3) is 0 Å². The van der Waals surface area contributed by atoms with Gasteiger partial charge in [-0.3, -0.25) is 9.59 Å². The van der Waals surface area contributed by atoms with Crippen LogP contribution in [0.15, 0.2) is 47.3 Å². The van der Waals surface area contributed by atoms with E-state index in [4.69, 9.17) is 14.2 Å². The Bertz CT molecular complexity index is 913. The van der Waals surface area contributed by atoms with Crippen molar-refractivity contribution in [2.45, 2.75) is 13.0 Å². The second-order valence-corrected chi connectivity index (χ2v) is 5.92. The van der Waals surface area contributed by atoms with Crippen molar-refractivity contribution < 1.29 is 24.1 Å². The van der Waals surface area contributed by atoms with Gasteiger partial charge in [0.1, 0.15) is 0 Å². The van der Waals surface area contributed by atoms with Gasteiger partial charge in [0.2, 0.25) is 17.1 Å². The van der Waals surface area contributed by atoms with Gasteiger partial charge in [-0.15, -0.1) is 0 Å².